The minimum atomic E-state index is -0.914. The molecule has 0 radical (unpaired) electrons. The number of benzene rings is 1. The van der Waals surface area contributed by atoms with Gasteiger partial charge >= 0.3 is 5.97 Å². The lowest BCUT2D eigenvalue weighted by Gasteiger charge is -2.15. The van der Waals surface area contributed by atoms with Gasteiger partial charge in [-0.15, -0.1) is 0 Å². The first-order valence-electron chi connectivity index (χ1n) is 10.4. The molecule has 186 valence electrons. The fourth-order valence-electron chi connectivity index (χ4n) is 2.61. The highest BCUT2D eigenvalue weighted by molar-refractivity contribution is 5.94. The molecule has 0 saturated carbocycles. The maximum atomic E-state index is 12.3. The van der Waals surface area contributed by atoms with E-state index in [1.807, 2.05) is 19.9 Å². The first-order valence-corrected chi connectivity index (χ1v) is 10.4. The Morgan fingerprint density at radius 2 is 2.00 bits per heavy atom. The molecule has 34 heavy (non-hydrogen) atoms. The molecule has 1 amide bonds. The van der Waals surface area contributed by atoms with Crippen LogP contribution >= 0.6 is 0 Å². The van der Waals surface area contributed by atoms with Crippen molar-refractivity contribution in [2.45, 2.75) is 32.7 Å². The molecule has 12 heteroatoms. The summed E-state index contributed by atoms with van der Waals surface area (Å²) < 4.78 is 15.8. The van der Waals surface area contributed by atoms with Gasteiger partial charge in [0.2, 0.25) is 5.91 Å². The van der Waals surface area contributed by atoms with Gasteiger partial charge in [-0.25, -0.2) is 19.9 Å². The number of esters is 1. The Morgan fingerprint density at radius 3 is 2.62 bits per heavy atom. The number of nitrogens with zero attached hydrogens (tertiary/aromatic N) is 2. The van der Waals surface area contributed by atoms with E-state index >= 15 is 0 Å². The molecule has 12 nitrogen and oxygen atoms in total. The fourth-order valence-corrected chi connectivity index (χ4v) is 2.61. The van der Waals surface area contributed by atoms with Crippen molar-refractivity contribution in [1.82, 2.24) is 10.7 Å². The highest BCUT2D eigenvalue weighted by Crippen LogP contribution is 2.28. The Morgan fingerprint density at radius 1 is 1.26 bits per heavy atom. The summed E-state index contributed by atoms with van der Waals surface area (Å²) in [6.45, 7) is 4.49. The number of nitrogens with two attached hydrogens (primary N) is 1. The van der Waals surface area contributed by atoms with Gasteiger partial charge in [0.15, 0.2) is 16.5 Å². The maximum absolute atomic E-state index is 12.3. The number of nitrogens with one attached hydrogen (secondary N) is 2. The molecule has 0 spiro atoms. The SMILES string of the molecule is COC(=O)[C@H](CCCN=C(N)N[N+](=O)[O-])NC(=O)/C=C/c1ccc(OCC=C(C)C)c(OC)c1. The third-order valence-electron chi connectivity index (χ3n) is 4.29. The number of ether oxygens (including phenoxy) is 3. The van der Waals surface area contributed by atoms with Crippen molar-refractivity contribution in [2.24, 2.45) is 10.7 Å². The van der Waals surface area contributed by atoms with Crippen LogP contribution in [-0.4, -0.2) is 56.3 Å². The highest BCUT2D eigenvalue weighted by atomic mass is 16.7. The Labute approximate surface area is 198 Å². The summed E-state index contributed by atoms with van der Waals surface area (Å²) in [4.78, 5) is 38.4. The van der Waals surface area contributed by atoms with Crippen molar-refractivity contribution in [3.8, 4) is 11.5 Å². The molecule has 0 fully saturated rings. The van der Waals surface area contributed by atoms with Crippen LogP contribution in [0.3, 0.4) is 0 Å². The quantitative estimate of drug-likeness (QED) is 0.0558. The molecule has 0 aliphatic rings. The largest absolute Gasteiger partial charge is 0.493 e. The van der Waals surface area contributed by atoms with Crippen LogP contribution in [0.2, 0.25) is 0 Å². The van der Waals surface area contributed by atoms with Gasteiger partial charge in [-0.2, -0.15) is 0 Å². The van der Waals surface area contributed by atoms with E-state index in [1.165, 1.54) is 20.3 Å². The minimum Gasteiger partial charge on any atom is -0.493 e. The normalized spacial score (nSPS) is 11.9. The van der Waals surface area contributed by atoms with Crippen LogP contribution in [0.15, 0.2) is 40.9 Å². The molecular weight excluding hydrogens is 446 g/mol. The number of carbonyl (C=O) groups excluding carboxylic acids is 2. The molecule has 0 aliphatic carbocycles. The summed E-state index contributed by atoms with van der Waals surface area (Å²) in [5, 5.41) is 12.0. The molecule has 1 aromatic rings. The Bertz CT molecular complexity index is 940. The molecule has 0 saturated heterocycles. The summed E-state index contributed by atoms with van der Waals surface area (Å²) in [6, 6.07) is 4.32. The van der Waals surface area contributed by atoms with Crippen molar-refractivity contribution in [3.63, 3.8) is 0 Å². The van der Waals surface area contributed by atoms with Crippen LogP contribution in [0.4, 0.5) is 0 Å². The highest BCUT2D eigenvalue weighted by Gasteiger charge is 2.20. The van der Waals surface area contributed by atoms with Gasteiger partial charge < -0.3 is 25.3 Å². The smallest absolute Gasteiger partial charge is 0.328 e. The van der Waals surface area contributed by atoms with E-state index in [0.29, 0.717) is 30.1 Å². The number of aliphatic imine (C=N–C) groups is 1. The maximum Gasteiger partial charge on any atom is 0.328 e. The van der Waals surface area contributed by atoms with Crippen molar-refractivity contribution in [3.05, 3.63) is 51.6 Å². The number of allylic oxidation sites excluding steroid dienone is 1. The third-order valence-corrected chi connectivity index (χ3v) is 4.29. The van der Waals surface area contributed by atoms with Gasteiger partial charge in [-0.3, -0.25) is 4.79 Å². The molecule has 0 bridgehead atoms. The molecule has 4 N–H and O–H groups in total. The molecule has 0 unspecified atom stereocenters. The first-order chi connectivity index (χ1) is 16.2. The van der Waals surface area contributed by atoms with Gasteiger partial charge in [0, 0.05) is 12.6 Å². The van der Waals surface area contributed by atoms with Crippen molar-refractivity contribution < 1.29 is 28.8 Å². The number of nitro groups is 1. The molecule has 0 aliphatic heterocycles. The Kier molecular flexibility index (Phi) is 12.2. The average Bonchev–Trinajstić information content (AvgIpc) is 2.78. The average molecular weight is 478 g/mol. The van der Waals surface area contributed by atoms with Gasteiger partial charge in [-0.1, -0.05) is 17.1 Å². The molecular formula is C22H31N5O7. The predicted molar refractivity (Wildman–Crippen MR) is 127 cm³/mol. The lowest BCUT2D eigenvalue weighted by atomic mass is 10.1. The van der Waals surface area contributed by atoms with E-state index in [2.05, 4.69) is 10.3 Å². The number of guanidine groups is 1. The van der Waals surface area contributed by atoms with Gasteiger partial charge in [-0.05, 0) is 56.5 Å². The van der Waals surface area contributed by atoms with E-state index in [-0.39, 0.29) is 18.9 Å². The number of carbonyl (C=O) groups is 2. The fraction of sp³-hybridized carbons (Fsp3) is 0.409. The topological polar surface area (TPSA) is 167 Å². The summed E-state index contributed by atoms with van der Waals surface area (Å²) in [6.07, 6.45) is 5.33. The second-order valence-corrected chi connectivity index (χ2v) is 7.20. The Balaban J connectivity index is 2.72. The summed E-state index contributed by atoms with van der Waals surface area (Å²) in [7, 11) is 2.73. The van der Waals surface area contributed by atoms with E-state index < -0.39 is 23.0 Å². The second kappa shape index (κ2) is 14.9. The van der Waals surface area contributed by atoms with E-state index in [1.54, 1.807) is 29.7 Å². The van der Waals surface area contributed by atoms with Crippen molar-refractivity contribution in [2.75, 3.05) is 27.4 Å². The Hall–Kier alpha value is -4.09. The molecule has 0 aromatic heterocycles. The number of hydrazine groups is 1. The predicted octanol–water partition coefficient (Wildman–Crippen LogP) is 1.59. The van der Waals surface area contributed by atoms with Crippen molar-refractivity contribution >= 4 is 23.9 Å². The zero-order valence-corrected chi connectivity index (χ0v) is 19.7. The minimum absolute atomic E-state index is 0.119. The molecule has 1 atom stereocenters. The van der Waals surface area contributed by atoms with Crippen LogP contribution in [0.25, 0.3) is 6.08 Å². The zero-order chi connectivity index (χ0) is 25.5. The summed E-state index contributed by atoms with van der Waals surface area (Å²) in [5.74, 6) is -0.388. The summed E-state index contributed by atoms with van der Waals surface area (Å²) in [5.41, 5.74) is 8.87. The molecule has 0 heterocycles. The van der Waals surface area contributed by atoms with E-state index in [0.717, 1.165) is 5.57 Å². The lowest BCUT2D eigenvalue weighted by Crippen LogP contribution is -2.41. The van der Waals surface area contributed by atoms with Crippen LogP contribution < -0.4 is 25.9 Å². The zero-order valence-electron chi connectivity index (χ0n) is 19.7. The van der Waals surface area contributed by atoms with Crippen LogP contribution in [-0.2, 0) is 14.3 Å². The number of rotatable bonds is 13. The number of amides is 1. The summed E-state index contributed by atoms with van der Waals surface area (Å²) >= 11 is 0. The van der Waals surface area contributed by atoms with Crippen molar-refractivity contribution in [1.29, 1.82) is 0 Å². The molecule has 1 rings (SSSR count). The van der Waals surface area contributed by atoms with Crippen LogP contribution in [0, 0.1) is 10.1 Å². The second-order valence-electron chi connectivity index (χ2n) is 7.20. The third kappa shape index (κ3) is 11.0. The standard InChI is InChI=1S/C22H31N5O7/c1-15(2)11-13-34-18-9-7-16(14-19(18)32-3)8-10-20(28)25-17(21(29)33-4)6-5-12-24-22(23)26-27(30)31/h7-11,14,17H,5-6,12-13H2,1-4H3,(H,25,28)(H3,23,24,26)/b10-8+/t17-/m0/s1. The number of methoxy groups -OCH3 is 2. The van der Waals surface area contributed by atoms with Crippen LogP contribution in [0.1, 0.15) is 32.3 Å². The van der Waals surface area contributed by atoms with Gasteiger partial charge in [0.25, 0.3) is 5.96 Å². The number of hydrogen-bond acceptors (Lipinski definition) is 8. The first kappa shape index (κ1) is 27.9. The van der Waals surface area contributed by atoms with E-state index in [9.17, 15) is 19.7 Å². The molecule has 1 aromatic carbocycles. The number of hydrogen-bond donors (Lipinski definition) is 3. The van der Waals surface area contributed by atoms with Gasteiger partial charge in [0.05, 0.1) is 14.2 Å². The van der Waals surface area contributed by atoms with Crippen LogP contribution in [0.5, 0.6) is 11.5 Å². The van der Waals surface area contributed by atoms with E-state index in [4.69, 9.17) is 19.9 Å². The lowest BCUT2D eigenvalue weighted by molar-refractivity contribution is -0.525. The van der Waals surface area contributed by atoms with Gasteiger partial charge in [0.1, 0.15) is 12.6 Å². The monoisotopic (exact) mass is 477 g/mol.